The molecule has 9 heteroatoms. The van der Waals surface area contributed by atoms with Crippen LogP contribution in [0.3, 0.4) is 0 Å². The summed E-state index contributed by atoms with van der Waals surface area (Å²) < 4.78 is 10.5. The maximum atomic E-state index is 12.2. The van der Waals surface area contributed by atoms with Crippen LogP contribution >= 0.6 is 11.6 Å². The number of nitrogens with zero attached hydrogens (tertiary/aromatic N) is 1. The summed E-state index contributed by atoms with van der Waals surface area (Å²) in [6, 6.07) is 12.1. The highest BCUT2D eigenvalue weighted by atomic mass is 35.5. The number of hydrogen-bond donors (Lipinski definition) is 1. The number of benzene rings is 2. The van der Waals surface area contributed by atoms with Gasteiger partial charge in [-0.25, -0.2) is 4.79 Å². The fourth-order valence-corrected chi connectivity index (χ4v) is 2.19. The summed E-state index contributed by atoms with van der Waals surface area (Å²) in [5, 5.41) is 13.9. The number of nitrogens with one attached hydrogen (secondary N) is 1. The Labute approximate surface area is 160 Å². The number of nitro groups is 1. The van der Waals surface area contributed by atoms with E-state index in [0.717, 1.165) is 0 Å². The molecule has 0 radical (unpaired) electrons. The van der Waals surface area contributed by atoms with Crippen molar-refractivity contribution in [2.75, 3.05) is 5.32 Å². The SMILES string of the molecule is C[C@@H](OC(=O)[C@@H](C)Oc1ccc(Cl)cc1)C(=O)Nc1ccccc1[N+](=O)[O-]. The van der Waals surface area contributed by atoms with Gasteiger partial charge in [-0.2, -0.15) is 0 Å². The van der Waals surface area contributed by atoms with Gasteiger partial charge in [0.05, 0.1) is 4.92 Å². The van der Waals surface area contributed by atoms with E-state index in [1.807, 2.05) is 0 Å². The molecule has 27 heavy (non-hydrogen) atoms. The molecule has 2 rings (SSSR count). The molecule has 0 aliphatic carbocycles. The van der Waals surface area contributed by atoms with Gasteiger partial charge in [0, 0.05) is 11.1 Å². The van der Waals surface area contributed by atoms with E-state index in [9.17, 15) is 19.7 Å². The molecule has 0 saturated heterocycles. The van der Waals surface area contributed by atoms with Crippen molar-refractivity contribution in [3.8, 4) is 5.75 Å². The molecule has 2 aromatic carbocycles. The Morgan fingerprint density at radius 3 is 2.33 bits per heavy atom. The lowest BCUT2D eigenvalue weighted by molar-refractivity contribution is -0.383. The van der Waals surface area contributed by atoms with Crippen molar-refractivity contribution in [1.82, 2.24) is 0 Å². The Morgan fingerprint density at radius 2 is 1.70 bits per heavy atom. The van der Waals surface area contributed by atoms with Gasteiger partial charge in [-0.15, -0.1) is 0 Å². The molecule has 0 fully saturated rings. The first kappa shape index (κ1) is 20.2. The van der Waals surface area contributed by atoms with Crippen LogP contribution in [0, 0.1) is 10.1 Å². The van der Waals surface area contributed by atoms with Gasteiger partial charge in [-0.05, 0) is 44.2 Å². The number of anilines is 1. The van der Waals surface area contributed by atoms with Gasteiger partial charge in [0.1, 0.15) is 11.4 Å². The third-order valence-electron chi connectivity index (χ3n) is 3.48. The number of ether oxygens (including phenoxy) is 2. The van der Waals surface area contributed by atoms with Crippen molar-refractivity contribution >= 4 is 34.9 Å². The minimum atomic E-state index is -1.17. The van der Waals surface area contributed by atoms with Crippen LogP contribution in [0.25, 0.3) is 0 Å². The van der Waals surface area contributed by atoms with Gasteiger partial charge in [0.15, 0.2) is 12.2 Å². The summed E-state index contributed by atoms with van der Waals surface area (Å²) in [5.41, 5.74) is -0.246. The molecule has 8 nitrogen and oxygen atoms in total. The topological polar surface area (TPSA) is 108 Å². The van der Waals surface area contributed by atoms with Gasteiger partial charge < -0.3 is 14.8 Å². The van der Waals surface area contributed by atoms with Crippen molar-refractivity contribution < 1.29 is 24.0 Å². The molecule has 1 N–H and O–H groups in total. The van der Waals surface area contributed by atoms with Crippen molar-refractivity contribution in [1.29, 1.82) is 0 Å². The molecule has 2 aromatic rings. The third kappa shape index (κ3) is 5.68. The van der Waals surface area contributed by atoms with E-state index in [2.05, 4.69) is 5.32 Å². The van der Waals surface area contributed by atoms with Crippen molar-refractivity contribution in [2.24, 2.45) is 0 Å². The summed E-state index contributed by atoms with van der Waals surface area (Å²) in [7, 11) is 0. The fourth-order valence-electron chi connectivity index (χ4n) is 2.06. The van der Waals surface area contributed by atoms with Crippen LogP contribution in [0.1, 0.15) is 13.8 Å². The van der Waals surface area contributed by atoms with Gasteiger partial charge in [-0.1, -0.05) is 23.7 Å². The molecular weight excluding hydrogens is 376 g/mol. The third-order valence-corrected chi connectivity index (χ3v) is 3.73. The van der Waals surface area contributed by atoms with Gasteiger partial charge in [0.2, 0.25) is 0 Å². The molecule has 0 spiro atoms. The standard InChI is InChI=1S/C18H17ClN2O6/c1-11(17(22)20-15-5-3-4-6-16(15)21(24)25)27-18(23)12(2)26-14-9-7-13(19)8-10-14/h3-12H,1-2H3,(H,20,22)/t11-,12-/m1/s1. The van der Waals surface area contributed by atoms with Crippen LogP contribution in [0.15, 0.2) is 48.5 Å². The number of nitro benzene ring substituents is 1. The molecule has 1 amide bonds. The van der Waals surface area contributed by atoms with Crippen molar-refractivity contribution in [3.05, 3.63) is 63.7 Å². The lowest BCUT2D eigenvalue weighted by Crippen LogP contribution is -2.35. The fraction of sp³-hybridized carbons (Fsp3) is 0.222. The van der Waals surface area contributed by atoms with Crippen LogP contribution in [0.2, 0.25) is 5.02 Å². The van der Waals surface area contributed by atoms with E-state index in [1.165, 1.54) is 32.0 Å². The maximum absolute atomic E-state index is 12.2. The second-order valence-corrected chi connectivity index (χ2v) is 5.99. The van der Waals surface area contributed by atoms with E-state index in [0.29, 0.717) is 10.8 Å². The number of halogens is 1. The Kier molecular flexibility index (Phi) is 6.73. The van der Waals surface area contributed by atoms with Crippen molar-refractivity contribution in [3.63, 3.8) is 0 Å². The van der Waals surface area contributed by atoms with E-state index in [1.54, 1.807) is 30.3 Å². The zero-order chi connectivity index (χ0) is 20.0. The number of rotatable bonds is 7. The smallest absolute Gasteiger partial charge is 0.347 e. The zero-order valence-electron chi connectivity index (χ0n) is 14.5. The summed E-state index contributed by atoms with van der Waals surface area (Å²) in [6.45, 7) is 2.83. The highest BCUT2D eigenvalue weighted by Crippen LogP contribution is 2.23. The normalized spacial score (nSPS) is 12.6. The van der Waals surface area contributed by atoms with E-state index in [-0.39, 0.29) is 11.4 Å². The number of esters is 1. The summed E-state index contributed by atoms with van der Waals surface area (Å²) in [6.07, 6.45) is -2.14. The van der Waals surface area contributed by atoms with Gasteiger partial charge in [-0.3, -0.25) is 14.9 Å². The molecule has 0 aliphatic heterocycles. The minimum Gasteiger partial charge on any atom is -0.479 e. The summed E-state index contributed by atoms with van der Waals surface area (Å²) in [4.78, 5) is 34.6. The first-order chi connectivity index (χ1) is 12.8. The van der Waals surface area contributed by atoms with Gasteiger partial charge >= 0.3 is 5.97 Å². The quantitative estimate of drug-likeness (QED) is 0.438. The number of carbonyl (C=O) groups is 2. The van der Waals surface area contributed by atoms with Crippen LogP contribution in [-0.4, -0.2) is 29.0 Å². The van der Waals surface area contributed by atoms with E-state index < -0.39 is 29.0 Å². The maximum Gasteiger partial charge on any atom is 0.347 e. The van der Waals surface area contributed by atoms with Crippen LogP contribution in [0.5, 0.6) is 5.75 Å². The summed E-state index contributed by atoms with van der Waals surface area (Å²) in [5.74, 6) is -1.03. The molecule has 2 atom stereocenters. The van der Waals surface area contributed by atoms with Crippen LogP contribution < -0.4 is 10.1 Å². The number of carbonyl (C=O) groups excluding carboxylic acids is 2. The average molecular weight is 393 g/mol. The molecule has 0 unspecified atom stereocenters. The number of para-hydroxylation sites is 2. The molecular formula is C18H17ClN2O6. The zero-order valence-corrected chi connectivity index (χ0v) is 15.3. The lowest BCUT2D eigenvalue weighted by atomic mass is 10.2. The molecule has 0 saturated carbocycles. The summed E-state index contributed by atoms with van der Waals surface area (Å²) >= 11 is 5.78. The number of amides is 1. The highest BCUT2D eigenvalue weighted by molar-refractivity contribution is 6.30. The lowest BCUT2D eigenvalue weighted by Gasteiger charge is -2.17. The van der Waals surface area contributed by atoms with E-state index >= 15 is 0 Å². The van der Waals surface area contributed by atoms with Crippen LogP contribution in [-0.2, 0) is 14.3 Å². The average Bonchev–Trinajstić information content (AvgIpc) is 2.63. The Bertz CT molecular complexity index is 840. The largest absolute Gasteiger partial charge is 0.479 e. The second-order valence-electron chi connectivity index (χ2n) is 5.56. The Morgan fingerprint density at radius 1 is 1.07 bits per heavy atom. The molecule has 0 bridgehead atoms. The van der Waals surface area contributed by atoms with Crippen LogP contribution in [0.4, 0.5) is 11.4 Å². The van der Waals surface area contributed by atoms with Gasteiger partial charge in [0.25, 0.3) is 11.6 Å². The first-order valence-electron chi connectivity index (χ1n) is 7.95. The predicted molar refractivity (Wildman–Crippen MR) is 98.8 cm³/mol. The second kappa shape index (κ2) is 9.00. The van der Waals surface area contributed by atoms with Crippen molar-refractivity contribution in [2.45, 2.75) is 26.1 Å². The Hall–Kier alpha value is -3.13. The number of hydrogen-bond acceptors (Lipinski definition) is 6. The Balaban J connectivity index is 1.94. The molecule has 0 aliphatic rings. The molecule has 0 heterocycles. The minimum absolute atomic E-state index is 0.0147. The highest BCUT2D eigenvalue weighted by Gasteiger charge is 2.25. The first-order valence-corrected chi connectivity index (χ1v) is 8.32. The molecule has 142 valence electrons. The van der Waals surface area contributed by atoms with E-state index in [4.69, 9.17) is 21.1 Å². The monoisotopic (exact) mass is 392 g/mol. The predicted octanol–water partition coefficient (Wildman–Crippen LogP) is 3.59. The molecule has 0 aromatic heterocycles.